The van der Waals surface area contributed by atoms with Gasteiger partial charge in [0, 0.05) is 24.8 Å². The zero-order chi connectivity index (χ0) is 22.1. The average molecular weight is 429 g/mol. The van der Waals surface area contributed by atoms with E-state index in [1.165, 1.54) is 12.1 Å². The highest BCUT2D eigenvalue weighted by molar-refractivity contribution is 5.94. The van der Waals surface area contributed by atoms with Crippen LogP contribution in [0, 0.1) is 5.92 Å². The number of alkyl halides is 3. The van der Waals surface area contributed by atoms with Crippen molar-refractivity contribution < 1.29 is 32.2 Å². The Hall–Kier alpha value is -2.33. The molecule has 1 aliphatic heterocycles. The van der Waals surface area contributed by atoms with Crippen molar-refractivity contribution in [2.45, 2.75) is 63.7 Å². The molecule has 30 heavy (non-hydrogen) atoms. The highest BCUT2D eigenvalue weighted by atomic mass is 19.4. The second-order valence-electron chi connectivity index (χ2n) is 8.52. The first kappa shape index (κ1) is 22.4. The maximum atomic E-state index is 12.4. The van der Waals surface area contributed by atoms with Gasteiger partial charge in [-0.3, -0.25) is 4.79 Å². The van der Waals surface area contributed by atoms with E-state index in [-0.39, 0.29) is 29.8 Å². The summed E-state index contributed by atoms with van der Waals surface area (Å²) in [5.74, 6) is -1.83. The molecule has 2 aliphatic rings. The Morgan fingerprint density at radius 1 is 1.20 bits per heavy atom. The van der Waals surface area contributed by atoms with Crippen LogP contribution in [0.2, 0.25) is 0 Å². The maximum absolute atomic E-state index is 12.4. The number of hydrogen-bond donors (Lipinski definition) is 3. The molecule has 3 rings (SSSR count). The van der Waals surface area contributed by atoms with E-state index in [1.807, 2.05) is 5.32 Å². The van der Waals surface area contributed by atoms with E-state index in [0.29, 0.717) is 18.7 Å². The van der Waals surface area contributed by atoms with Crippen molar-refractivity contribution in [3.63, 3.8) is 0 Å². The summed E-state index contributed by atoms with van der Waals surface area (Å²) in [6.45, 7) is 6.30. The van der Waals surface area contributed by atoms with Gasteiger partial charge in [-0.1, -0.05) is 12.1 Å². The van der Waals surface area contributed by atoms with Crippen LogP contribution in [0.5, 0.6) is 0 Å². The first-order valence-electron chi connectivity index (χ1n) is 9.76. The van der Waals surface area contributed by atoms with E-state index >= 15 is 0 Å². The number of ether oxygens (including phenoxy) is 2. The summed E-state index contributed by atoms with van der Waals surface area (Å²) in [6, 6.07) is 5.84. The molecule has 2 amide bonds. The van der Waals surface area contributed by atoms with Gasteiger partial charge in [0.1, 0.15) is 5.60 Å². The predicted octanol–water partition coefficient (Wildman–Crippen LogP) is 2.96. The Labute approximate surface area is 172 Å². The molecule has 4 unspecified atom stereocenters. The van der Waals surface area contributed by atoms with Crippen molar-refractivity contribution in [3.05, 3.63) is 29.8 Å². The van der Waals surface area contributed by atoms with Crippen LogP contribution in [0.4, 0.5) is 23.7 Å². The third kappa shape index (κ3) is 5.42. The minimum Gasteiger partial charge on any atom is -0.444 e. The van der Waals surface area contributed by atoms with E-state index in [2.05, 4.69) is 10.6 Å². The summed E-state index contributed by atoms with van der Waals surface area (Å²) < 4.78 is 48.4. The Kier molecular flexibility index (Phi) is 6.28. The lowest BCUT2D eigenvalue weighted by molar-refractivity contribution is -0.167. The van der Waals surface area contributed by atoms with Crippen LogP contribution in [0.25, 0.3) is 0 Å². The normalized spacial score (nSPS) is 25.8. The van der Waals surface area contributed by atoms with Gasteiger partial charge < -0.3 is 25.4 Å². The Morgan fingerprint density at radius 3 is 2.60 bits per heavy atom. The number of nitrogens with one attached hydrogen (secondary N) is 3. The Balaban J connectivity index is 1.59. The van der Waals surface area contributed by atoms with Crippen molar-refractivity contribution in [1.29, 1.82) is 0 Å². The minimum absolute atomic E-state index is 0.0435. The standard InChI is InChI=1S/C20H26F3N3O4/c1-19(2,3)30-18(28)26-14-13-7-8-29-16(13)15(14)24-10-11-5-4-6-12(9-11)25-17(27)20(21,22)23/h4-6,9,13-16,24H,7-8,10H2,1-3H3,(H,25,27)(H,26,28). The van der Waals surface area contributed by atoms with Gasteiger partial charge in [-0.15, -0.1) is 0 Å². The van der Waals surface area contributed by atoms with Crippen LogP contribution in [0.3, 0.4) is 0 Å². The SMILES string of the molecule is CC(C)(C)OC(=O)NC1C2CCOC2C1NCc1cccc(NC(=O)C(F)(F)F)c1. The van der Waals surface area contributed by atoms with Crippen LogP contribution >= 0.6 is 0 Å². The number of carbonyl (C=O) groups excluding carboxylic acids is 2. The molecule has 0 radical (unpaired) electrons. The topological polar surface area (TPSA) is 88.7 Å². The van der Waals surface area contributed by atoms with E-state index < -0.39 is 23.8 Å². The molecule has 0 bridgehead atoms. The molecule has 7 nitrogen and oxygen atoms in total. The molecule has 1 saturated heterocycles. The Bertz CT molecular complexity index is 794. The highest BCUT2D eigenvalue weighted by Gasteiger charge is 2.54. The fraction of sp³-hybridized carbons (Fsp3) is 0.600. The third-order valence-electron chi connectivity index (χ3n) is 5.05. The number of rotatable bonds is 5. The summed E-state index contributed by atoms with van der Waals surface area (Å²) in [5, 5.41) is 8.05. The molecule has 1 aliphatic carbocycles. The van der Waals surface area contributed by atoms with Gasteiger partial charge in [0.2, 0.25) is 0 Å². The quantitative estimate of drug-likeness (QED) is 0.670. The molecule has 1 aromatic carbocycles. The van der Waals surface area contributed by atoms with E-state index in [1.54, 1.807) is 32.9 Å². The smallest absolute Gasteiger partial charge is 0.444 e. The lowest BCUT2D eigenvalue weighted by Gasteiger charge is -2.48. The summed E-state index contributed by atoms with van der Waals surface area (Å²) in [6.07, 6.45) is -4.66. The number of anilines is 1. The van der Waals surface area contributed by atoms with E-state index in [0.717, 1.165) is 6.42 Å². The zero-order valence-electron chi connectivity index (χ0n) is 17.0. The molecule has 1 heterocycles. The van der Waals surface area contributed by atoms with Crippen molar-refractivity contribution in [3.8, 4) is 0 Å². The van der Waals surface area contributed by atoms with Gasteiger partial charge in [-0.05, 0) is 44.9 Å². The summed E-state index contributed by atoms with van der Waals surface area (Å²) in [4.78, 5) is 23.3. The second kappa shape index (κ2) is 8.43. The number of benzene rings is 1. The molecule has 1 saturated carbocycles. The molecule has 1 aromatic rings. The zero-order valence-corrected chi connectivity index (χ0v) is 17.0. The molecule has 10 heteroatoms. The highest BCUT2D eigenvalue weighted by Crippen LogP contribution is 2.39. The molecule has 4 atom stereocenters. The second-order valence-corrected chi connectivity index (χ2v) is 8.52. The lowest BCUT2D eigenvalue weighted by atomic mass is 9.71. The number of halogens is 3. The monoisotopic (exact) mass is 429 g/mol. The van der Waals surface area contributed by atoms with Gasteiger partial charge in [-0.2, -0.15) is 13.2 Å². The van der Waals surface area contributed by atoms with Gasteiger partial charge in [0.15, 0.2) is 0 Å². The third-order valence-corrected chi connectivity index (χ3v) is 5.05. The van der Waals surface area contributed by atoms with E-state index in [4.69, 9.17) is 9.47 Å². The van der Waals surface area contributed by atoms with Crippen LogP contribution in [0.1, 0.15) is 32.8 Å². The summed E-state index contributed by atoms with van der Waals surface area (Å²) in [7, 11) is 0. The molecular formula is C20H26F3N3O4. The number of amides is 2. The van der Waals surface area contributed by atoms with Gasteiger partial charge in [0.05, 0.1) is 18.2 Å². The maximum Gasteiger partial charge on any atom is 0.471 e. The van der Waals surface area contributed by atoms with Gasteiger partial charge in [-0.25, -0.2) is 4.79 Å². The fourth-order valence-electron chi connectivity index (χ4n) is 3.79. The average Bonchev–Trinajstić information content (AvgIpc) is 3.02. The van der Waals surface area contributed by atoms with Crippen LogP contribution in [0.15, 0.2) is 24.3 Å². The van der Waals surface area contributed by atoms with Crippen molar-refractivity contribution >= 4 is 17.7 Å². The van der Waals surface area contributed by atoms with E-state index in [9.17, 15) is 22.8 Å². The predicted molar refractivity (Wildman–Crippen MR) is 103 cm³/mol. The largest absolute Gasteiger partial charge is 0.471 e. The van der Waals surface area contributed by atoms with Crippen LogP contribution in [-0.4, -0.2) is 48.6 Å². The Morgan fingerprint density at radius 2 is 1.93 bits per heavy atom. The molecule has 166 valence electrons. The van der Waals surface area contributed by atoms with Crippen LogP contribution < -0.4 is 16.0 Å². The van der Waals surface area contributed by atoms with Gasteiger partial charge >= 0.3 is 18.2 Å². The fourth-order valence-corrected chi connectivity index (χ4v) is 3.79. The summed E-state index contributed by atoms with van der Waals surface area (Å²) >= 11 is 0. The van der Waals surface area contributed by atoms with Crippen molar-refractivity contribution in [2.24, 2.45) is 5.92 Å². The number of fused-ring (bicyclic) bond motifs is 1. The molecule has 0 aromatic heterocycles. The lowest BCUT2D eigenvalue weighted by Crippen LogP contribution is -2.70. The first-order valence-corrected chi connectivity index (χ1v) is 9.76. The first-order chi connectivity index (χ1) is 13.9. The number of alkyl carbamates (subject to hydrolysis) is 1. The number of hydrogen-bond acceptors (Lipinski definition) is 5. The van der Waals surface area contributed by atoms with Crippen molar-refractivity contribution in [2.75, 3.05) is 11.9 Å². The molecule has 2 fully saturated rings. The van der Waals surface area contributed by atoms with Gasteiger partial charge in [0.25, 0.3) is 0 Å². The number of carbonyl (C=O) groups is 2. The minimum atomic E-state index is -4.95. The van der Waals surface area contributed by atoms with Crippen LogP contribution in [-0.2, 0) is 20.8 Å². The molecule has 3 N–H and O–H groups in total. The molecular weight excluding hydrogens is 403 g/mol. The van der Waals surface area contributed by atoms with Crippen molar-refractivity contribution in [1.82, 2.24) is 10.6 Å². The molecule has 0 spiro atoms. The summed E-state index contributed by atoms with van der Waals surface area (Å²) in [5.41, 5.74) is 0.139.